The Balaban J connectivity index is 2.11. The van der Waals surface area contributed by atoms with Crippen LogP contribution in [0.25, 0.3) is 10.8 Å². The van der Waals surface area contributed by atoms with Crippen molar-refractivity contribution in [2.75, 3.05) is 31.3 Å². The standard InChI is InChI=1S/C14H17N3O2/c1-10-12-4-2-3-5-13(12)14(16-15-10)17-6-7-19-9-11(17)8-18/h2-5,11,18H,6-9H2,1H3. The number of ether oxygens (including phenoxy) is 1. The number of rotatable bonds is 2. The molecule has 1 aliphatic rings. The molecule has 1 N–H and O–H groups in total. The molecule has 0 radical (unpaired) electrons. The Morgan fingerprint density at radius 3 is 2.89 bits per heavy atom. The summed E-state index contributed by atoms with van der Waals surface area (Å²) in [6, 6.07) is 8.06. The molecule has 5 nitrogen and oxygen atoms in total. The molecule has 0 spiro atoms. The molecule has 5 heteroatoms. The molecule has 1 atom stereocenters. The van der Waals surface area contributed by atoms with Gasteiger partial charge in [-0.25, -0.2) is 0 Å². The van der Waals surface area contributed by atoms with Gasteiger partial charge in [0.1, 0.15) is 0 Å². The zero-order valence-electron chi connectivity index (χ0n) is 10.9. The fraction of sp³-hybridized carbons (Fsp3) is 0.429. The van der Waals surface area contributed by atoms with Crippen LogP contribution in [0.2, 0.25) is 0 Å². The summed E-state index contributed by atoms with van der Waals surface area (Å²) < 4.78 is 5.41. The number of nitrogens with zero attached hydrogens (tertiary/aromatic N) is 3. The van der Waals surface area contributed by atoms with Gasteiger partial charge in [0.05, 0.1) is 31.6 Å². The number of morpholine rings is 1. The number of benzene rings is 1. The Hall–Kier alpha value is -1.72. The van der Waals surface area contributed by atoms with E-state index in [4.69, 9.17) is 4.74 Å². The minimum atomic E-state index is -0.0471. The lowest BCUT2D eigenvalue weighted by molar-refractivity contribution is 0.0723. The monoisotopic (exact) mass is 259 g/mol. The highest BCUT2D eigenvalue weighted by Crippen LogP contribution is 2.27. The van der Waals surface area contributed by atoms with Gasteiger partial charge < -0.3 is 14.7 Å². The summed E-state index contributed by atoms with van der Waals surface area (Å²) in [5.74, 6) is 0.837. The van der Waals surface area contributed by atoms with E-state index in [1.807, 2.05) is 19.1 Å². The van der Waals surface area contributed by atoms with Crippen LogP contribution in [0.5, 0.6) is 0 Å². The largest absolute Gasteiger partial charge is 0.394 e. The maximum absolute atomic E-state index is 9.48. The fourth-order valence-corrected chi connectivity index (χ4v) is 2.52. The van der Waals surface area contributed by atoms with Gasteiger partial charge in [-0.15, -0.1) is 5.10 Å². The van der Waals surface area contributed by atoms with Gasteiger partial charge in [0.2, 0.25) is 0 Å². The Labute approximate surface area is 111 Å². The molecule has 1 fully saturated rings. The molecule has 2 heterocycles. The lowest BCUT2D eigenvalue weighted by Crippen LogP contribution is -2.48. The molecule has 0 bridgehead atoms. The summed E-state index contributed by atoms with van der Waals surface area (Å²) >= 11 is 0. The molecule has 0 aliphatic carbocycles. The van der Waals surface area contributed by atoms with Crippen molar-refractivity contribution in [1.29, 1.82) is 0 Å². The molecule has 1 unspecified atom stereocenters. The molecule has 1 saturated heterocycles. The van der Waals surface area contributed by atoms with Crippen LogP contribution in [0.4, 0.5) is 5.82 Å². The third-order valence-corrected chi connectivity index (χ3v) is 3.56. The van der Waals surface area contributed by atoms with Crippen LogP contribution in [-0.4, -0.2) is 47.7 Å². The van der Waals surface area contributed by atoms with Crippen LogP contribution in [0.15, 0.2) is 24.3 Å². The number of fused-ring (bicyclic) bond motifs is 1. The van der Waals surface area contributed by atoms with Crippen LogP contribution >= 0.6 is 0 Å². The van der Waals surface area contributed by atoms with Gasteiger partial charge in [0.25, 0.3) is 0 Å². The molecule has 3 rings (SSSR count). The Morgan fingerprint density at radius 2 is 2.11 bits per heavy atom. The summed E-state index contributed by atoms with van der Waals surface area (Å²) in [5, 5.41) is 20.2. The summed E-state index contributed by atoms with van der Waals surface area (Å²) in [7, 11) is 0. The van der Waals surface area contributed by atoms with Gasteiger partial charge >= 0.3 is 0 Å². The SMILES string of the molecule is Cc1nnc(N2CCOCC2CO)c2ccccc12. The zero-order valence-corrected chi connectivity index (χ0v) is 10.9. The van der Waals surface area contributed by atoms with Crippen molar-refractivity contribution < 1.29 is 9.84 Å². The highest BCUT2D eigenvalue weighted by atomic mass is 16.5. The predicted molar refractivity (Wildman–Crippen MR) is 73.3 cm³/mol. The van der Waals surface area contributed by atoms with E-state index in [-0.39, 0.29) is 12.6 Å². The Bertz CT molecular complexity index is 588. The smallest absolute Gasteiger partial charge is 0.159 e. The number of aliphatic hydroxyl groups excluding tert-OH is 1. The minimum absolute atomic E-state index is 0.0471. The quantitative estimate of drug-likeness (QED) is 0.876. The predicted octanol–water partition coefficient (Wildman–Crippen LogP) is 1.14. The van der Waals surface area contributed by atoms with E-state index in [1.54, 1.807) is 0 Å². The van der Waals surface area contributed by atoms with E-state index in [2.05, 4.69) is 27.2 Å². The van der Waals surface area contributed by atoms with Gasteiger partial charge in [-0.1, -0.05) is 24.3 Å². The van der Waals surface area contributed by atoms with Crippen molar-refractivity contribution in [1.82, 2.24) is 10.2 Å². The van der Waals surface area contributed by atoms with Crippen molar-refractivity contribution in [3.63, 3.8) is 0 Å². The van der Waals surface area contributed by atoms with E-state index >= 15 is 0 Å². The molecule has 0 amide bonds. The maximum atomic E-state index is 9.48. The molecular formula is C14H17N3O2. The van der Waals surface area contributed by atoms with Crippen molar-refractivity contribution in [3.8, 4) is 0 Å². The maximum Gasteiger partial charge on any atom is 0.159 e. The van der Waals surface area contributed by atoms with E-state index in [0.717, 1.165) is 28.8 Å². The first-order valence-corrected chi connectivity index (χ1v) is 6.48. The summed E-state index contributed by atoms with van der Waals surface area (Å²) in [6.45, 7) is 3.93. The zero-order chi connectivity index (χ0) is 13.2. The molecule has 2 aromatic rings. The van der Waals surface area contributed by atoms with Crippen molar-refractivity contribution in [3.05, 3.63) is 30.0 Å². The number of hydrogen-bond acceptors (Lipinski definition) is 5. The van der Waals surface area contributed by atoms with Crippen LogP contribution < -0.4 is 4.90 Å². The van der Waals surface area contributed by atoms with E-state index in [0.29, 0.717) is 13.2 Å². The van der Waals surface area contributed by atoms with E-state index in [1.165, 1.54) is 0 Å². The van der Waals surface area contributed by atoms with Crippen LogP contribution in [-0.2, 0) is 4.74 Å². The van der Waals surface area contributed by atoms with Crippen molar-refractivity contribution in [2.45, 2.75) is 13.0 Å². The second-order valence-corrected chi connectivity index (χ2v) is 4.76. The third-order valence-electron chi connectivity index (χ3n) is 3.56. The second-order valence-electron chi connectivity index (χ2n) is 4.76. The average molecular weight is 259 g/mol. The molecule has 100 valence electrons. The van der Waals surface area contributed by atoms with Gasteiger partial charge in [0.15, 0.2) is 5.82 Å². The molecule has 1 aromatic heterocycles. The number of aryl methyl sites for hydroxylation is 1. The van der Waals surface area contributed by atoms with Crippen LogP contribution in [0.1, 0.15) is 5.69 Å². The first-order chi connectivity index (χ1) is 9.31. The number of anilines is 1. The lowest BCUT2D eigenvalue weighted by atomic mass is 10.1. The van der Waals surface area contributed by atoms with Gasteiger partial charge in [-0.3, -0.25) is 0 Å². The molecule has 1 aromatic carbocycles. The minimum Gasteiger partial charge on any atom is -0.394 e. The van der Waals surface area contributed by atoms with Gasteiger partial charge in [0, 0.05) is 17.3 Å². The molecule has 1 aliphatic heterocycles. The molecular weight excluding hydrogens is 242 g/mol. The van der Waals surface area contributed by atoms with Crippen LogP contribution in [0, 0.1) is 6.92 Å². The van der Waals surface area contributed by atoms with Crippen molar-refractivity contribution in [2.24, 2.45) is 0 Å². The summed E-state index contributed by atoms with van der Waals surface area (Å²) in [5.41, 5.74) is 0.924. The summed E-state index contributed by atoms with van der Waals surface area (Å²) in [4.78, 5) is 2.10. The molecule has 0 saturated carbocycles. The Kier molecular flexibility index (Phi) is 3.31. The van der Waals surface area contributed by atoms with Gasteiger partial charge in [-0.2, -0.15) is 5.10 Å². The topological polar surface area (TPSA) is 58.5 Å². The first-order valence-electron chi connectivity index (χ1n) is 6.48. The van der Waals surface area contributed by atoms with E-state index in [9.17, 15) is 5.11 Å². The second kappa shape index (κ2) is 5.11. The van der Waals surface area contributed by atoms with Crippen LogP contribution in [0.3, 0.4) is 0 Å². The lowest BCUT2D eigenvalue weighted by Gasteiger charge is -2.35. The fourth-order valence-electron chi connectivity index (χ4n) is 2.52. The highest BCUT2D eigenvalue weighted by molar-refractivity contribution is 5.93. The van der Waals surface area contributed by atoms with E-state index < -0.39 is 0 Å². The number of hydrogen-bond donors (Lipinski definition) is 1. The summed E-state index contributed by atoms with van der Waals surface area (Å²) in [6.07, 6.45) is 0. The highest BCUT2D eigenvalue weighted by Gasteiger charge is 2.25. The number of aromatic nitrogens is 2. The average Bonchev–Trinajstić information content (AvgIpc) is 2.48. The van der Waals surface area contributed by atoms with Gasteiger partial charge in [-0.05, 0) is 6.92 Å². The normalized spacial score (nSPS) is 19.9. The molecule has 19 heavy (non-hydrogen) atoms. The first kappa shape index (κ1) is 12.3. The Morgan fingerprint density at radius 1 is 1.32 bits per heavy atom. The van der Waals surface area contributed by atoms with Crippen molar-refractivity contribution >= 4 is 16.6 Å². The number of aliphatic hydroxyl groups is 1. The third kappa shape index (κ3) is 2.15.